The third-order valence-electron chi connectivity index (χ3n) is 9.51. The molecule has 6 N–H and O–H groups in total. The molecule has 5 rings (SSSR count). The van der Waals surface area contributed by atoms with Crippen LogP contribution in [0.15, 0.2) is 97.1 Å². The van der Waals surface area contributed by atoms with Crippen LogP contribution in [0.4, 0.5) is 25.8 Å². The summed E-state index contributed by atoms with van der Waals surface area (Å²) in [5.41, 5.74) is 10.0. The fourth-order valence-electron chi connectivity index (χ4n) is 6.57. The van der Waals surface area contributed by atoms with Crippen molar-refractivity contribution in [3.05, 3.63) is 124 Å². The van der Waals surface area contributed by atoms with Crippen molar-refractivity contribution >= 4 is 41.5 Å². The number of nitrogens with zero attached hydrogens (tertiary/aromatic N) is 1. The molecular weight excluding hydrogens is 761 g/mol. The van der Waals surface area contributed by atoms with E-state index in [1.54, 1.807) is 38.1 Å². The number of benzene rings is 4. The van der Waals surface area contributed by atoms with Crippen LogP contribution in [0.2, 0.25) is 0 Å². The summed E-state index contributed by atoms with van der Waals surface area (Å²) < 4.78 is 16.2. The molecule has 3 atom stereocenters. The van der Waals surface area contributed by atoms with Crippen molar-refractivity contribution in [3.8, 4) is 29.2 Å². The number of ether oxygens (including phenoxy) is 3. The van der Waals surface area contributed by atoms with Crippen LogP contribution >= 0.6 is 0 Å². The van der Waals surface area contributed by atoms with Crippen LogP contribution < -0.4 is 31.7 Å². The van der Waals surface area contributed by atoms with E-state index in [1.165, 1.54) is 24.3 Å². The predicted molar refractivity (Wildman–Crippen MR) is 217 cm³/mol. The number of nitrogens with one attached hydrogen (secondary N) is 4. The predicted octanol–water partition coefficient (Wildman–Crippen LogP) is 6.31. The molecule has 0 bridgehead atoms. The monoisotopic (exact) mass is 804 g/mol. The molecule has 0 saturated carbocycles. The van der Waals surface area contributed by atoms with Crippen LogP contribution in [0.5, 0.6) is 5.75 Å². The molecule has 0 spiro atoms. The number of hydrogen-bond donors (Lipinski definition) is 5. The summed E-state index contributed by atoms with van der Waals surface area (Å²) in [7, 11) is 0. The molecule has 0 radical (unpaired) electrons. The zero-order valence-corrected chi connectivity index (χ0v) is 32.3. The zero-order valence-electron chi connectivity index (χ0n) is 32.3. The highest BCUT2D eigenvalue weighted by Crippen LogP contribution is 2.44. The number of primary amides is 1. The second-order valence-electron chi connectivity index (χ2n) is 13.9. The Morgan fingerprint density at radius 2 is 1.49 bits per heavy atom. The fraction of sp³-hybridized carbons (Fsp3) is 0.279. The molecule has 0 aliphatic heterocycles. The zero-order chi connectivity index (χ0) is 42.5. The normalized spacial score (nSPS) is 13.0. The number of carbonyl (C=O) groups excluding carboxylic acids is 5. The molecule has 0 fully saturated rings. The summed E-state index contributed by atoms with van der Waals surface area (Å²) in [6.07, 6.45) is 3.05. The molecule has 59 heavy (non-hydrogen) atoms. The summed E-state index contributed by atoms with van der Waals surface area (Å²) in [6.45, 7) is 3.67. The SMILES string of the molecule is C#CCC(OC(=O)Oc1ccc([N+](=O)[O-])cc1)c1ccc(NC(=O)[C@H](CCCNC(N)=O)NC(=O)[C@@H](NC(=O)OCC2c3ccccc3-c3ccccc32)C(C)C)cc1. The topological polar surface area (TPSA) is 230 Å². The minimum Gasteiger partial charge on any atom is -0.449 e. The van der Waals surface area contributed by atoms with E-state index in [4.69, 9.17) is 26.4 Å². The van der Waals surface area contributed by atoms with Gasteiger partial charge in [-0.3, -0.25) is 19.7 Å². The Hall–Kier alpha value is -7.41. The highest BCUT2D eigenvalue weighted by Gasteiger charge is 2.32. The fourth-order valence-corrected chi connectivity index (χ4v) is 6.57. The number of nitro benzene ring substituents is 1. The second-order valence-corrected chi connectivity index (χ2v) is 13.9. The average molecular weight is 805 g/mol. The summed E-state index contributed by atoms with van der Waals surface area (Å²) >= 11 is 0. The van der Waals surface area contributed by atoms with Gasteiger partial charge in [0, 0.05) is 30.3 Å². The number of terminal acetylenes is 1. The van der Waals surface area contributed by atoms with Crippen LogP contribution in [0.1, 0.15) is 61.8 Å². The van der Waals surface area contributed by atoms with E-state index in [9.17, 15) is 34.1 Å². The standard InChI is InChI=1S/C43H44N6O10/c1-4-10-37(59-43(54)58-30-22-20-29(21-23-30)49(55)56)27-16-18-28(19-17-27)46-39(50)36(15-9-24-45-41(44)52)47-40(51)38(26(2)3)48-42(53)57-25-35-33-13-7-5-11-31(33)32-12-6-8-14-34(32)35/h1,5-8,11-14,16-23,26,35-38H,9-10,15,24-25H2,2-3H3,(H,46,50)(H,47,51)(H,48,53)(H3,44,45,52)/t36-,37?,38-/m0/s1. The van der Waals surface area contributed by atoms with E-state index < -0.39 is 59.1 Å². The maximum atomic E-state index is 13.7. The van der Waals surface area contributed by atoms with E-state index in [0.717, 1.165) is 22.3 Å². The maximum absolute atomic E-state index is 13.7. The largest absolute Gasteiger partial charge is 0.514 e. The molecule has 1 unspecified atom stereocenters. The van der Waals surface area contributed by atoms with Crippen molar-refractivity contribution in [2.24, 2.45) is 11.7 Å². The van der Waals surface area contributed by atoms with Gasteiger partial charge in [-0.2, -0.15) is 0 Å². The summed E-state index contributed by atoms with van der Waals surface area (Å²) in [5, 5.41) is 21.5. The Balaban J connectivity index is 1.21. The number of non-ortho nitro benzene ring substituents is 1. The highest BCUT2D eigenvalue weighted by molar-refractivity contribution is 5.98. The Morgan fingerprint density at radius 3 is 2.07 bits per heavy atom. The second kappa shape index (κ2) is 20.1. The van der Waals surface area contributed by atoms with Crippen LogP contribution in [-0.2, 0) is 19.1 Å². The molecule has 0 saturated heterocycles. The molecule has 4 aromatic carbocycles. The molecule has 0 heterocycles. The van der Waals surface area contributed by atoms with Crippen molar-refractivity contribution in [2.75, 3.05) is 18.5 Å². The Kier molecular flexibility index (Phi) is 14.6. The van der Waals surface area contributed by atoms with Crippen molar-refractivity contribution in [2.45, 2.75) is 57.2 Å². The van der Waals surface area contributed by atoms with Crippen LogP contribution in [-0.4, -0.2) is 60.3 Å². The Labute approximate surface area is 340 Å². The molecule has 16 nitrogen and oxygen atoms in total. The third-order valence-corrected chi connectivity index (χ3v) is 9.51. The van der Waals surface area contributed by atoms with Gasteiger partial charge >= 0.3 is 18.3 Å². The number of nitro groups is 1. The highest BCUT2D eigenvalue weighted by atomic mass is 16.7. The number of rotatable bonds is 17. The number of urea groups is 1. The molecule has 306 valence electrons. The van der Waals surface area contributed by atoms with Gasteiger partial charge in [-0.1, -0.05) is 74.5 Å². The van der Waals surface area contributed by atoms with E-state index in [-0.39, 0.29) is 49.8 Å². The number of anilines is 1. The maximum Gasteiger partial charge on any atom is 0.514 e. The quantitative estimate of drug-likeness (QED) is 0.0199. The third kappa shape index (κ3) is 11.6. The summed E-state index contributed by atoms with van der Waals surface area (Å²) in [6, 6.07) is 24.0. The minimum atomic E-state index is -1.10. The lowest BCUT2D eigenvalue weighted by Crippen LogP contribution is -2.54. The first-order valence-electron chi connectivity index (χ1n) is 18.8. The lowest BCUT2D eigenvalue weighted by atomic mass is 9.98. The van der Waals surface area contributed by atoms with Gasteiger partial charge in [0.25, 0.3) is 5.69 Å². The molecule has 0 aromatic heterocycles. The van der Waals surface area contributed by atoms with E-state index >= 15 is 0 Å². The van der Waals surface area contributed by atoms with Gasteiger partial charge in [-0.15, -0.1) is 12.3 Å². The van der Waals surface area contributed by atoms with Gasteiger partial charge in [0.2, 0.25) is 11.8 Å². The van der Waals surface area contributed by atoms with Gasteiger partial charge in [0.1, 0.15) is 30.5 Å². The van der Waals surface area contributed by atoms with Crippen molar-refractivity contribution in [1.82, 2.24) is 16.0 Å². The number of alkyl carbamates (subject to hydrolysis) is 1. The average Bonchev–Trinajstić information content (AvgIpc) is 3.53. The molecule has 1 aliphatic carbocycles. The summed E-state index contributed by atoms with van der Waals surface area (Å²) in [4.78, 5) is 74.6. The molecule has 1 aliphatic rings. The van der Waals surface area contributed by atoms with Gasteiger partial charge in [0.05, 0.1) is 11.3 Å². The first-order valence-corrected chi connectivity index (χ1v) is 18.8. The van der Waals surface area contributed by atoms with Crippen LogP contribution in [0.25, 0.3) is 11.1 Å². The minimum absolute atomic E-state index is 0.0183. The Bertz CT molecular complexity index is 2160. The van der Waals surface area contributed by atoms with Gasteiger partial charge < -0.3 is 41.2 Å². The van der Waals surface area contributed by atoms with Crippen molar-refractivity contribution in [1.29, 1.82) is 0 Å². The van der Waals surface area contributed by atoms with E-state index in [2.05, 4.69) is 27.2 Å². The molecular formula is C43H44N6O10. The smallest absolute Gasteiger partial charge is 0.449 e. The number of nitrogens with two attached hydrogens (primary N) is 1. The van der Waals surface area contributed by atoms with Gasteiger partial charge in [0.15, 0.2) is 0 Å². The van der Waals surface area contributed by atoms with E-state index in [0.29, 0.717) is 11.3 Å². The lowest BCUT2D eigenvalue weighted by molar-refractivity contribution is -0.384. The van der Waals surface area contributed by atoms with Crippen molar-refractivity contribution < 1.29 is 43.1 Å². The number of fused-ring (bicyclic) bond motifs is 3. The molecule has 16 heteroatoms. The van der Waals surface area contributed by atoms with Crippen molar-refractivity contribution in [3.63, 3.8) is 0 Å². The lowest BCUT2D eigenvalue weighted by Gasteiger charge is -2.25. The summed E-state index contributed by atoms with van der Waals surface area (Å²) in [5.74, 6) is 0.674. The Morgan fingerprint density at radius 1 is 0.864 bits per heavy atom. The van der Waals surface area contributed by atoms with Crippen LogP contribution in [0, 0.1) is 28.4 Å². The van der Waals surface area contributed by atoms with E-state index in [1.807, 2.05) is 48.5 Å². The number of hydrogen-bond acceptors (Lipinski definition) is 10. The molecule has 5 amide bonds. The first-order chi connectivity index (χ1) is 28.3. The first kappa shape index (κ1) is 42.7. The molecule has 4 aromatic rings. The number of carbonyl (C=O) groups is 5. The van der Waals surface area contributed by atoms with Gasteiger partial charge in [-0.25, -0.2) is 14.4 Å². The van der Waals surface area contributed by atoms with Crippen LogP contribution in [0.3, 0.4) is 0 Å². The van der Waals surface area contributed by atoms with Gasteiger partial charge in [-0.05, 0) is 70.8 Å². The number of amides is 5.